The Bertz CT molecular complexity index is 702. The number of benzene rings is 1. The molecule has 1 heterocycles. The van der Waals surface area contributed by atoms with Gasteiger partial charge in [-0.05, 0) is 29.9 Å². The van der Waals surface area contributed by atoms with Crippen LogP contribution in [0.15, 0.2) is 27.5 Å². The zero-order valence-electron chi connectivity index (χ0n) is 8.13. The molecule has 0 radical (unpaired) electrons. The summed E-state index contributed by atoms with van der Waals surface area (Å²) < 4.78 is 1.40. The van der Waals surface area contributed by atoms with Crippen LogP contribution in [-0.4, -0.2) is 9.97 Å². The van der Waals surface area contributed by atoms with Crippen LogP contribution in [0, 0.1) is 4.77 Å². The Morgan fingerprint density at radius 1 is 1.31 bits per heavy atom. The number of aromatic amines is 2. The smallest absolute Gasteiger partial charge is 0.255 e. The van der Waals surface area contributed by atoms with Crippen molar-refractivity contribution in [2.45, 2.75) is 6.42 Å². The summed E-state index contributed by atoms with van der Waals surface area (Å²) in [7, 11) is 0. The van der Waals surface area contributed by atoms with Crippen LogP contribution < -0.4 is 5.56 Å². The predicted octanol–water partition coefficient (Wildman–Crippen LogP) is 2.77. The van der Waals surface area contributed by atoms with Crippen LogP contribution in [0.1, 0.15) is 11.1 Å². The van der Waals surface area contributed by atoms with E-state index in [9.17, 15) is 4.79 Å². The summed E-state index contributed by atoms with van der Waals surface area (Å²) in [5, 5.41) is 0. The van der Waals surface area contributed by atoms with Gasteiger partial charge in [0.15, 0.2) is 4.77 Å². The van der Waals surface area contributed by atoms with Gasteiger partial charge in [0.1, 0.15) is 0 Å². The summed E-state index contributed by atoms with van der Waals surface area (Å²) in [6.07, 6.45) is 0.658. The molecule has 2 aromatic rings. The van der Waals surface area contributed by atoms with E-state index in [2.05, 4.69) is 25.9 Å². The third kappa shape index (κ3) is 1.39. The Balaban J connectivity index is 2.38. The van der Waals surface area contributed by atoms with Crippen LogP contribution in [0.2, 0.25) is 0 Å². The molecule has 1 aromatic heterocycles. The largest absolute Gasteiger partial charge is 0.331 e. The predicted molar refractivity (Wildman–Crippen MR) is 68.2 cm³/mol. The Kier molecular flexibility index (Phi) is 2.12. The number of hydrogen-bond donors (Lipinski definition) is 2. The van der Waals surface area contributed by atoms with Gasteiger partial charge in [0.05, 0.1) is 5.69 Å². The second-order valence-corrected chi connectivity index (χ2v) is 5.06. The van der Waals surface area contributed by atoms with Gasteiger partial charge in [0, 0.05) is 22.0 Å². The monoisotopic (exact) mass is 294 g/mol. The third-order valence-electron chi connectivity index (χ3n) is 2.75. The molecule has 0 unspecified atom stereocenters. The van der Waals surface area contributed by atoms with Crippen molar-refractivity contribution in [3.05, 3.63) is 48.9 Å². The number of H-pyrrole nitrogens is 2. The van der Waals surface area contributed by atoms with Gasteiger partial charge in [-0.1, -0.05) is 22.0 Å². The molecule has 1 aromatic carbocycles. The number of fused-ring (bicyclic) bond motifs is 3. The molecule has 3 nitrogen and oxygen atoms in total. The van der Waals surface area contributed by atoms with Crippen molar-refractivity contribution in [1.29, 1.82) is 0 Å². The molecule has 1 aliphatic rings. The minimum Gasteiger partial charge on any atom is -0.331 e. The van der Waals surface area contributed by atoms with Crippen LogP contribution in [0.4, 0.5) is 0 Å². The first-order valence-corrected chi connectivity index (χ1v) is 5.99. The standard InChI is InChI=1S/C11H7BrN2OS/c12-6-1-2-7-5(3-6)4-8-9(7)13-11(16)14-10(8)15/h1-3H,4H2,(H2,13,14,15,16). The van der Waals surface area contributed by atoms with Gasteiger partial charge in [-0.15, -0.1) is 0 Å². The maximum Gasteiger partial charge on any atom is 0.255 e. The Labute approximate surface area is 105 Å². The average Bonchev–Trinajstić information content (AvgIpc) is 2.56. The molecule has 0 atom stereocenters. The van der Waals surface area contributed by atoms with Crippen molar-refractivity contribution in [2.75, 3.05) is 0 Å². The van der Waals surface area contributed by atoms with E-state index in [1.807, 2.05) is 18.2 Å². The van der Waals surface area contributed by atoms with Crippen LogP contribution >= 0.6 is 28.1 Å². The van der Waals surface area contributed by atoms with Gasteiger partial charge in [0.25, 0.3) is 5.56 Å². The molecule has 0 fully saturated rings. The van der Waals surface area contributed by atoms with E-state index in [1.165, 1.54) is 0 Å². The van der Waals surface area contributed by atoms with Crippen LogP contribution in [0.3, 0.4) is 0 Å². The maximum absolute atomic E-state index is 11.7. The number of halogens is 1. The van der Waals surface area contributed by atoms with E-state index < -0.39 is 0 Å². The maximum atomic E-state index is 11.7. The van der Waals surface area contributed by atoms with Crippen molar-refractivity contribution in [2.24, 2.45) is 0 Å². The second-order valence-electron chi connectivity index (χ2n) is 3.74. The first kappa shape index (κ1) is 9.99. The van der Waals surface area contributed by atoms with Gasteiger partial charge < -0.3 is 4.98 Å². The Morgan fingerprint density at radius 2 is 2.12 bits per heavy atom. The van der Waals surface area contributed by atoms with Gasteiger partial charge in [-0.2, -0.15) is 0 Å². The van der Waals surface area contributed by atoms with E-state index in [0.717, 1.165) is 26.9 Å². The summed E-state index contributed by atoms with van der Waals surface area (Å²) in [6, 6.07) is 5.99. The van der Waals surface area contributed by atoms with Crippen molar-refractivity contribution >= 4 is 28.1 Å². The first-order chi connectivity index (χ1) is 7.65. The van der Waals surface area contributed by atoms with Gasteiger partial charge in [-0.25, -0.2) is 0 Å². The molecule has 0 aliphatic heterocycles. The van der Waals surface area contributed by atoms with Crippen molar-refractivity contribution < 1.29 is 0 Å². The highest BCUT2D eigenvalue weighted by molar-refractivity contribution is 9.10. The lowest BCUT2D eigenvalue weighted by atomic mass is 10.1. The lowest BCUT2D eigenvalue weighted by Gasteiger charge is -2.00. The van der Waals surface area contributed by atoms with Crippen molar-refractivity contribution in [3.63, 3.8) is 0 Å². The van der Waals surface area contributed by atoms with E-state index in [-0.39, 0.29) is 5.56 Å². The molecule has 0 spiro atoms. The molecule has 0 amide bonds. The van der Waals surface area contributed by atoms with Gasteiger partial charge in [0.2, 0.25) is 0 Å². The van der Waals surface area contributed by atoms with Gasteiger partial charge in [-0.3, -0.25) is 9.78 Å². The normalized spacial score (nSPS) is 12.3. The van der Waals surface area contributed by atoms with Crippen molar-refractivity contribution in [3.8, 4) is 11.3 Å². The number of rotatable bonds is 0. The minimum absolute atomic E-state index is 0.0916. The van der Waals surface area contributed by atoms with Crippen LogP contribution in [0.25, 0.3) is 11.3 Å². The van der Waals surface area contributed by atoms with E-state index >= 15 is 0 Å². The molecular weight excluding hydrogens is 288 g/mol. The fraction of sp³-hybridized carbons (Fsp3) is 0.0909. The molecule has 0 bridgehead atoms. The third-order valence-corrected chi connectivity index (χ3v) is 3.44. The summed E-state index contributed by atoms with van der Waals surface area (Å²) in [5.74, 6) is 0. The molecule has 16 heavy (non-hydrogen) atoms. The molecule has 80 valence electrons. The minimum atomic E-state index is -0.0916. The number of nitrogens with one attached hydrogen (secondary N) is 2. The molecule has 5 heteroatoms. The Hall–Kier alpha value is -1.20. The summed E-state index contributed by atoms with van der Waals surface area (Å²) in [4.78, 5) is 17.4. The number of aromatic nitrogens is 2. The zero-order chi connectivity index (χ0) is 11.3. The van der Waals surface area contributed by atoms with E-state index in [0.29, 0.717) is 11.2 Å². The Morgan fingerprint density at radius 3 is 2.94 bits per heavy atom. The number of hydrogen-bond acceptors (Lipinski definition) is 2. The highest BCUT2D eigenvalue weighted by atomic mass is 79.9. The highest BCUT2D eigenvalue weighted by Gasteiger charge is 2.21. The van der Waals surface area contributed by atoms with Gasteiger partial charge >= 0.3 is 0 Å². The lowest BCUT2D eigenvalue weighted by molar-refractivity contribution is 1.05. The molecule has 1 aliphatic carbocycles. The van der Waals surface area contributed by atoms with Crippen molar-refractivity contribution in [1.82, 2.24) is 9.97 Å². The summed E-state index contributed by atoms with van der Waals surface area (Å²) in [6.45, 7) is 0. The first-order valence-electron chi connectivity index (χ1n) is 4.79. The van der Waals surface area contributed by atoms with E-state index in [4.69, 9.17) is 12.2 Å². The quantitative estimate of drug-likeness (QED) is 0.627. The molecule has 0 saturated carbocycles. The molecule has 2 N–H and O–H groups in total. The molecule has 0 saturated heterocycles. The van der Waals surface area contributed by atoms with Crippen LogP contribution in [0.5, 0.6) is 0 Å². The highest BCUT2D eigenvalue weighted by Crippen LogP contribution is 2.34. The fourth-order valence-corrected chi connectivity index (χ4v) is 2.66. The average molecular weight is 295 g/mol. The second kappa shape index (κ2) is 3.40. The molecular formula is C11H7BrN2OS. The zero-order valence-corrected chi connectivity index (χ0v) is 10.5. The lowest BCUT2D eigenvalue weighted by Crippen LogP contribution is -2.12. The van der Waals surface area contributed by atoms with Crippen LogP contribution in [-0.2, 0) is 6.42 Å². The summed E-state index contributed by atoms with van der Waals surface area (Å²) >= 11 is 8.40. The van der Waals surface area contributed by atoms with E-state index in [1.54, 1.807) is 0 Å². The molecule has 3 rings (SSSR count). The SMILES string of the molecule is O=c1[nH]c(=S)[nH]c2c1Cc1cc(Br)ccc1-2. The fourth-order valence-electron chi connectivity index (χ4n) is 2.05. The summed E-state index contributed by atoms with van der Waals surface area (Å²) in [5.41, 5.74) is 3.74. The topological polar surface area (TPSA) is 48.6 Å².